The third-order valence-corrected chi connectivity index (χ3v) is 3.78. The minimum atomic E-state index is -4.71. The molecular weight excluding hydrogens is 279 g/mol. The summed E-state index contributed by atoms with van der Waals surface area (Å²) < 4.78 is 40.4. The summed E-state index contributed by atoms with van der Waals surface area (Å²) in [7, 11) is 0. The average Bonchev–Trinajstić information content (AvgIpc) is 2.43. The van der Waals surface area contributed by atoms with Gasteiger partial charge in [0.2, 0.25) is 0 Å². The van der Waals surface area contributed by atoms with Crippen LogP contribution in [0.15, 0.2) is 17.1 Å². The van der Waals surface area contributed by atoms with Crippen molar-refractivity contribution in [1.29, 1.82) is 0 Å². The maximum atomic E-state index is 13.5. The van der Waals surface area contributed by atoms with E-state index in [-0.39, 0.29) is 12.0 Å². The van der Waals surface area contributed by atoms with Crippen LogP contribution < -0.4 is 0 Å². The fraction of sp³-hybridized carbons (Fsp3) is 0.562. The molecule has 0 fully saturated rings. The highest BCUT2D eigenvalue weighted by atomic mass is 19.4. The Morgan fingerprint density at radius 2 is 1.86 bits per heavy atom. The van der Waals surface area contributed by atoms with Crippen LogP contribution in [0.3, 0.4) is 0 Å². The monoisotopic (exact) mass is 301 g/mol. The van der Waals surface area contributed by atoms with Crippen LogP contribution in [0, 0.1) is 6.92 Å². The number of alkyl halides is 3. The van der Waals surface area contributed by atoms with Gasteiger partial charge >= 0.3 is 6.18 Å². The molecule has 1 atom stereocenters. The minimum absolute atomic E-state index is 0.0594. The predicted molar refractivity (Wildman–Crippen MR) is 79.2 cm³/mol. The van der Waals surface area contributed by atoms with E-state index in [9.17, 15) is 18.3 Å². The molecule has 0 aromatic heterocycles. The van der Waals surface area contributed by atoms with Crippen LogP contribution in [-0.4, -0.2) is 18.0 Å². The van der Waals surface area contributed by atoms with Gasteiger partial charge in [-0.3, -0.25) is 4.99 Å². The molecule has 0 heterocycles. The van der Waals surface area contributed by atoms with Gasteiger partial charge in [0, 0.05) is 0 Å². The van der Waals surface area contributed by atoms with Crippen molar-refractivity contribution in [2.24, 2.45) is 4.99 Å². The molecule has 0 saturated heterocycles. The second kappa shape index (κ2) is 6.60. The smallest absolute Gasteiger partial charge is 0.376 e. The van der Waals surface area contributed by atoms with Crippen molar-refractivity contribution in [2.45, 2.75) is 58.2 Å². The highest BCUT2D eigenvalue weighted by Crippen LogP contribution is 2.45. The molecule has 1 unspecified atom stereocenters. The Bertz CT molecular complexity index is 511. The van der Waals surface area contributed by atoms with E-state index in [0.29, 0.717) is 36.1 Å². The van der Waals surface area contributed by atoms with Gasteiger partial charge < -0.3 is 5.11 Å². The highest BCUT2D eigenvalue weighted by molar-refractivity contribution is 5.56. The van der Waals surface area contributed by atoms with Crippen molar-refractivity contribution in [1.82, 2.24) is 0 Å². The lowest BCUT2D eigenvalue weighted by Gasteiger charge is -2.33. The molecule has 118 valence electrons. The number of hydrogen-bond donors (Lipinski definition) is 1. The molecule has 1 N–H and O–H groups in total. The standard InChI is InChI=1S/C16H22F3NO/c1-5-7-8-15(21,16(17,18)19)13-9-11(3)14(20-4)10-12(13)6-2/h9-10,21H,4-8H2,1-3H3. The number of unbranched alkanes of at least 4 members (excludes halogenated alkanes) is 1. The Morgan fingerprint density at radius 3 is 2.29 bits per heavy atom. The van der Waals surface area contributed by atoms with Gasteiger partial charge in [0.25, 0.3) is 0 Å². The maximum absolute atomic E-state index is 13.5. The lowest BCUT2D eigenvalue weighted by atomic mass is 9.83. The molecule has 0 aliphatic carbocycles. The first-order chi connectivity index (χ1) is 9.71. The van der Waals surface area contributed by atoms with Gasteiger partial charge in [0.15, 0.2) is 5.60 Å². The summed E-state index contributed by atoms with van der Waals surface area (Å²) in [6.45, 7) is 8.65. The van der Waals surface area contributed by atoms with Gasteiger partial charge in [-0.2, -0.15) is 13.2 Å². The number of benzene rings is 1. The SMILES string of the molecule is C=Nc1cc(CC)c(C(O)(CCCC)C(F)(F)F)cc1C. The molecule has 0 bridgehead atoms. The third-order valence-electron chi connectivity index (χ3n) is 3.78. The first-order valence-electron chi connectivity index (χ1n) is 7.11. The van der Waals surface area contributed by atoms with Crippen LogP contribution in [0.5, 0.6) is 0 Å². The number of rotatable bonds is 6. The molecule has 2 nitrogen and oxygen atoms in total. The summed E-state index contributed by atoms with van der Waals surface area (Å²) in [4.78, 5) is 3.81. The zero-order valence-electron chi connectivity index (χ0n) is 12.7. The number of halogens is 3. The molecule has 0 radical (unpaired) electrons. The summed E-state index contributed by atoms with van der Waals surface area (Å²) in [5.74, 6) is 0. The van der Waals surface area contributed by atoms with Crippen molar-refractivity contribution in [3.05, 3.63) is 28.8 Å². The quantitative estimate of drug-likeness (QED) is 0.750. The molecule has 1 aromatic rings. The van der Waals surface area contributed by atoms with Crippen molar-refractivity contribution in [2.75, 3.05) is 0 Å². The van der Waals surface area contributed by atoms with Crippen molar-refractivity contribution in [3.8, 4) is 0 Å². The Morgan fingerprint density at radius 1 is 1.24 bits per heavy atom. The molecule has 1 rings (SSSR count). The number of aliphatic imine (C=N–C) groups is 1. The Balaban J connectivity index is 3.50. The van der Waals surface area contributed by atoms with E-state index in [1.807, 2.05) is 0 Å². The van der Waals surface area contributed by atoms with Gasteiger partial charge in [0.05, 0.1) is 5.69 Å². The summed E-state index contributed by atoms with van der Waals surface area (Å²) in [6, 6.07) is 2.98. The van der Waals surface area contributed by atoms with Gasteiger partial charge in [-0.1, -0.05) is 32.8 Å². The summed E-state index contributed by atoms with van der Waals surface area (Å²) in [5, 5.41) is 10.4. The first-order valence-corrected chi connectivity index (χ1v) is 7.11. The van der Waals surface area contributed by atoms with E-state index < -0.39 is 11.8 Å². The second-order valence-electron chi connectivity index (χ2n) is 5.27. The van der Waals surface area contributed by atoms with Crippen LogP contribution in [-0.2, 0) is 12.0 Å². The van der Waals surface area contributed by atoms with E-state index in [1.54, 1.807) is 26.8 Å². The molecule has 1 aromatic carbocycles. The molecular formula is C16H22F3NO. The van der Waals surface area contributed by atoms with Gasteiger partial charge in [-0.25, -0.2) is 0 Å². The molecule has 0 spiro atoms. The van der Waals surface area contributed by atoms with E-state index >= 15 is 0 Å². The first kappa shape index (κ1) is 17.7. The second-order valence-corrected chi connectivity index (χ2v) is 5.27. The summed E-state index contributed by atoms with van der Waals surface area (Å²) in [5.41, 5.74) is -1.28. The van der Waals surface area contributed by atoms with E-state index in [2.05, 4.69) is 11.7 Å². The van der Waals surface area contributed by atoms with Crippen LogP contribution >= 0.6 is 0 Å². The zero-order chi connectivity index (χ0) is 16.3. The van der Waals surface area contributed by atoms with Crippen LogP contribution in [0.1, 0.15) is 49.8 Å². The van der Waals surface area contributed by atoms with Crippen molar-refractivity contribution < 1.29 is 18.3 Å². The Hall–Kier alpha value is -1.36. The number of aryl methyl sites for hydroxylation is 2. The minimum Gasteiger partial charge on any atom is -0.376 e. The highest BCUT2D eigenvalue weighted by Gasteiger charge is 2.55. The molecule has 0 amide bonds. The predicted octanol–water partition coefficient (Wildman–Crippen LogP) is 4.83. The van der Waals surface area contributed by atoms with Crippen molar-refractivity contribution in [3.63, 3.8) is 0 Å². The number of nitrogens with zero attached hydrogens (tertiary/aromatic N) is 1. The van der Waals surface area contributed by atoms with E-state index in [4.69, 9.17) is 0 Å². The summed E-state index contributed by atoms with van der Waals surface area (Å²) in [6.07, 6.45) is -3.75. The fourth-order valence-electron chi connectivity index (χ4n) is 2.45. The Kier molecular flexibility index (Phi) is 5.56. The van der Waals surface area contributed by atoms with Crippen molar-refractivity contribution >= 4 is 12.4 Å². The van der Waals surface area contributed by atoms with Crippen LogP contribution in [0.25, 0.3) is 0 Å². The molecule has 0 saturated carbocycles. The van der Waals surface area contributed by atoms with Gasteiger partial charge in [-0.15, -0.1) is 0 Å². The lowest BCUT2D eigenvalue weighted by Crippen LogP contribution is -2.43. The summed E-state index contributed by atoms with van der Waals surface area (Å²) >= 11 is 0. The normalized spacial score (nSPS) is 14.8. The number of aliphatic hydroxyl groups is 1. The topological polar surface area (TPSA) is 32.6 Å². The lowest BCUT2D eigenvalue weighted by molar-refractivity contribution is -0.269. The third kappa shape index (κ3) is 3.46. The van der Waals surface area contributed by atoms with E-state index in [1.165, 1.54) is 6.07 Å². The van der Waals surface area contributed by atoms with Crippen LogP contribution in [0.4, 0.5) is 18.9 Å². The Labute approximate surface area is 123 Å². The van der Waals surface area contributed by atoms with Gasteiger partial charge in [-0.05, 0) is 49.2 Å². The zero-order valence-corrected chi connectivity index (χ0v) is 12.7. The molecule has 0 aliphatic heterocycles. The number of hydrogen-bond acceptors (Lipinski definition) is 2. The molecule has 21 heavy (non-hydrogen) atoms. The van der Waals surface area contributed by atoms with Gasteiger partial charge in [0.1, 0.15) is 0 Å². The van der Waals surface area contributed by atoms with E-state index in [0.717, 1.165) is 0 Å². The largest absolute Gasteiger partial charge is 0.421 e. The van der Waals surface area contributed by atoms with Crippen LogP contribution in [0.2, 0.25) is 0 Å². The maximum Gasteiger partial charge on any atom is 0.421 e. The molecule has 0 aliphatic rings. The average molecular weight is 301 g/mol. The fourth-order valence-corrected chi connectivity index (χ4v) is 2.45. The molecule has 5 heteroatoms.